The van der Waals surface area contributed by atoms with Gasteiger partial charge in [0.05, 0.1) is 25.5 Å². The molecule has 2 N–H and O–H groups in total. The van der Waals surface area contributed by atoms with Crippen molar-refractivity contribution in [1.82, 2.24) is 14.8 Å². The number of hydrogen-bond donors (Lipinski definition) is 2. The molecule has 2 heterocycles. The Morgan fingerprint density at radius 2 is 1.89 bits per heavy atom. The number of amides is 1. The average molecular weight is 548 g/mol. The molecule has 0 bridgehead atoms. The first kappa shape index (κ1) is 25.7. The van der Waals surface area contributed by atoms with Crippen LogP contribution in [0.25, 0.3) is 0 Å². The lowest BCUT2D eigenvalue weighted by Gasteiger charge is -2.29. The van der Waals surface area contributed by atoms with Crippen LogP contribution in [-0.2, 0) is 10.5 Å². The second-order valence-electron chi connectivity index (χ2n) is 8.58. The summed E-state index contributed by atoms with van der Waals surface area (Å²) in [7, 11) is 3.22. The lowest BCUT2D eigenvalue weighted by atomic mass is 9.95. The van der Waals surface area contributed by atoms with E-state index in [1.165, 1.54) is 11.8 Å². The number of fused-ring (bicyclic) bond motifs is 1. The van der Waals surface area contributed by atoms with Gasteiger partial charge in [-0.15, -0.1) is 5.10 Å². The molecule has 38 heavy (non-hydrogen) atoms. The van der Waals surface area contributed by atoms with Gasteiger partial charge in [-0.3, -0.25) is 4.79 Å². The summed E-state index contributed by atoms with van der Waals surface area (Å²) in [5, 5.41) is 12.2. The normalized spacial score (nSPS) is 14.5. The molecular formula is C28H26ClN5O3S. The SMILES string of the molecule is COc1cccc(CSc2nc3n(n2)[C@H](c2cccc(Cl)c2)C(C(=O)Nc2ccccc2OC)=C(C)N3)c1. The summed E-state index contributed by atoms with van der Waals surface area (Å²) in [6, 6.07) is 22.1. The highest BCUT2D eigenvalue weighted by molar-refractivity contribution is 7.98. The van der Waals surface area contributed by atoms with Crippen LogP contribution < -0.4 is 20.1 Å². The molecule has 1 amide bonds. The zero-order chi connectivity index (χ0) is 26.6. The van der Waals surface area contributed by atoms with Crippen molar-refractivity contribution < 1.29 is 14.3 Å². The van der Waals surface area contributed by atoms with Crippen LogP contribution in [0.2, 0.25) is 5.02 Å². The molecule has 194 valence electrons. The van der Waals surface area contributed by atoms with Crippen LogP contribution in [0.3, 0.4) is 0 Å². The van der Waals surface area contributed by atoms with Gasteiger partial charge >= 0.3 is 0 Å². The minimum absolute atomic E-state index is 0.281. The summed E-state index contributed by atoms with van der Waals surface area (Å²) in [4.78, 5) is 18.4. The Balaban J connectivity index is 1.48. The maximum Gasteiger partial charge on any atom is 0.255 e. The number of carbonyl (C=O) groups excluding carboxylic acids is 1. The number of ether oxygens (including phenoxy) is 2. The number of para-hydroxylation sites is 2. The number of anilines is 2. The Labute approximate surface area is 230 Å². The van der Waals surface area contributed by atoms with Crippen molar-refractivity contribution in [3.05, 3.63) is 100 Å². The van der Waals surface area contributed by atoms with Gasteiger partial charge in [-0.05, 0) is 54.4 Å². The molecule has 4 aromatic rings. The Morgan fingerprint density at radius 1 is 1.08 bits per heavy atom. The minimum atomic E-state index is -0.543. The lowest BCUT2D eigenvalue weighted by molar-refractivity contribution is -0.113. The number of methoxy groups -OCH3 is 2. The maximum atomic E-state index is 13.7. The smallest absolute Gasteiger partial charge is 0.255 e. The van der Waals surface area contributed by atoms with Crippen LogP contribution >= 0.6 is 23.4 Å². The monoisotopic (exact) mass is 547 g/mol. The number of allylic oxidation sites excluding steroid dienone is 1. The fraction of sp³-hybridized carbons (Fsp3) is 0.179. The third-order valence-electron chi connectivity index (χ3n) is 6.10. The van der Waals surface area contributed by atoms with E-state index in [1.807, 2.05) is 61.5 Å². The van der Waals surface area contributed by atoms with E-state index in [0.29, 0.717) is 44.6 Å². The fourth-order valence-electron chi connectivity index (χ4n) is 4.32. The van der Waals surface area contributed by atoms with Crippen LogP contribution in [-0.4, -0.2) is 34.9 Å². The number of benzene rings is 3. The first-order valence-electron chi connectivity index (χ1n) is 11.9. The van der Waals surface area contributed by atoms with E-state index in [1.54, 1.807) is 37.1 Å². The first-order valence-corrected chi connectivity index (χ1v) is 13.2. The Kier molecular flexibility index (Phi) is 7.57. The van der Waals surface area contributed by atoms with Gasteiger partial charge in [0.15, 0.2) is 0 Å². The van der Waals surface area contributed by atoms with Crippen LogP contribution in [0.5, 0.6) is 11.5 Å². The molecule has 1 aliphatic rings. The summed E-state index contributed by atoms with van der Waals surface area (Å²) in [6.45, 7) is 1.86. The van der Waals surface area contributed by atoms with E-state index in [2.05, 4.69) is 10.6 Å². The van der Waals surface area contributed by atoms with E-state index in [9.17, 15) is 4.79 Å². The van der Waals surface area contributed by atoms with Gasteiger partial charge in [0, 0.05) is 16.5 Å². The van der Waals surface area contributed by atoms with E-state index in [4.69, 9.17) is 31.2 Å². The van der Waals surface area contributed by atoms with E-state index >= 15 is 0 Å². The van der Waals surface area contributed by atoms with Gasteiger partial charge in [-0.1, -0.05) is 59.8 Å². The molecule has 0 unspecified atom stereocenters. The van der Waals surface area contributed by atoms with Crippen LogP contribution in [0, 0.1) is 0 Å². The average Bonchev–Trinajstić information content (AvgIpc) is 3.33. The van der Waals surface area contributed by atoms with Gasteiger partial charge in [-0.25, -0.2) is 4.68 Å². The molecular weight excluding hydrogens is 522 g/mol. The third kappa shape index (κ3) is 5.34. The summed E-state index contributed by atoms with van der Waals surface area (Å²) >= 11 is 7.87. The second kappa shape index (κ2) is 11.2. The Hall–Kier alpha value is -3.95. The van der Waals surface area contributed by atoms with Crippen molar-refractivity contribution in [2.24, 2.45) is 0 Å². The quantitative estimate of drug-likeness (QED) is 0.255. The molecule has 0 spiro atoms. The fourth-order valence-corrected chi connectivity index (χ4v) is 5.29. The van der Waals surface area contributed by atoms with Crippen molar-refractivity contribution in [2.45, 2.75) is 23.9 Å². The highest BCUT2D eigenvalue weighted by Gasteiger charge is 2.34. The van der Waals surface area contributed by atoms with Gasteiger partial charge < -0.3 is 20.1 Å². The van der Waals surface area contributed by atoms with Crippen molar-refractivity contribution >= 4 is 40.9 Å². The molecule has 1 aliphatic heterocycles. The second-order valence-corrected chi connectivity index (χ2v) is 9.96. The zero-order valence-corrected chi connectivity index (χ0v) is 22.6. The minimum Gasteiger partial charge on any atom is -0.497 e. The predicted molar refractivity (Wildman–Crippen MR) is 150 cm³/mol. The van der Waals surface area contributed by atoms with Crippen molar-refractivity contribution in [1.29, 1.82) is 0 Å². The molecule has 0 saturated carbocycles. The zero-order valence-electron chi connectivity index (χ0n) is 21.1. The van der Waals surface area contributed by atoms with E-state index < -0.39 is 6.04 Å². The number of aromatic nitrogens is 3. The summed E-state index contributed by atoms with van der Waals surface area (Å²) in [5.74, 6) is 2.30. The molecule has 1 atom stereocenters. The third-order valence-corrected chi connectivity index (χ3v) is 7.24. The van der Waals surface area contributed by atoms with Crippen molar-refractivity contribution in [3.8, 4) is 11.5 Å². The lowest BCUT2D eigenvalue weighted by Crippen LogP contribution is -2.31. The molecule has 5 rings (SSSR count). The molecule has 8 nitrogen and oxygen atoms in total. The number of nitrogens with one attached hydrogen (secondary N) is 2. The number of nitrogens with zero attached hydrogens (tertiary/aromatic N) is 3. The molecule has 3 aromatic carbocycles. The number of carbonyl (C=O) groups is 1. The first-order chi connectivity index (χ1) is 18.5. The summed E-state index contributed by atoms with van der Waals surface area (Å²) < 4.78 is 12.5. The van der Waals surface area contributed by atoms with Gasteiger partial charge in [0.25, 0.3) is 5.91 Å². The largest absolute Gasteiger partial charge is 0.497 e. The van der Waals surface area contributed by atoms with Crippen molar-refractivity contribution in [2.75, 3.05) is 24.9 Å². The topological polar surface area (TPSA) is 90.3 Å². The Bertz CT molecular complexity index is 1520. The van der Waals surface area contributed by atoms with E-state index in [0.717, 1.165) is 16.9 Å². The number of thioether (sulfide) groups is 1. The highest BCUT2D eigenvalue weighted by atomic mass is 35.5. The van der Waals surface area contributed by atoms with Gasteiger partial charge in [-0.2, -0.15) is 4.98 Å². The molecule has 0 radical (unpaired) electrons. The summed E-state index contributed by atoms with van der Waals surface area (Å²) in [5.41, 5.74) is 3.65. The summed E-state index contributed by atoms with van der Waals surface area (Å²) in [6.07, 6.45) is 0. The van der Waals surface area contributed by atoms with Crippen molar-refractivity contribution in [3.63, 3.8) is 0 Å². The Morgan fingerprint density at radius 3 is 2.68 bits per heavy atom. The molecule has 0 fully saturated rings. The number of halogens is 1. The molecule has 10 heteroatoms. The van der Waals surface area contributed by atoms with Gasteiger partial charge in [0.2, 0.25) is 11.1 Å². The van der Waals surface area contributed by atoms with E-state index in [-0.39, 0.29) is 5.91 Å². The van der Waals surface area contributed by atoms with Crippen LogP contribution in [0.1, 0.15) is 24.1 Å². The van der Waals surface area contributed by atoms with Gasteiger partial charge in [0.1, 0.15) is 17.5 Å². The molecule has 0 aliphatic carbocycles. The van der Waals surface area contributed by atoms with Crippen LogP contribution in [0.4, 0.5) is 11.6 Å². The molecule has 1 aromatic heterocycles. The predicted octanol–water partition coefficient (Wildman–Crippen LogP) is 6.17. The number of rotatable bonds is 8. The number of hydrogen-bond acceptors (Lipinski definition) is 7. The van der Waals surface area contributed by atoms with Crippen LogP contribution in [0.15, 0.2) is 89.2 Å². The maximum absolute atomic E-state index is 13.7. The highest BCUT2D eigenvalue weighted by Crippen LogP contribution is 2.38. The molecule has 0 saturated heterocycles. The standard InChI is InChI=1S/C28H26ClN5O3S/c1-17-24(26(35)31-22-12-4-5-13-23(22)37-3)25(19-9-7-10-20(29)15-19)34-27(30-17)32-28(33-34)38-16-18-8-6-11-21(14-18)36-2/h4-15,25H,16H2,1-3H3,(H,31,35)(H,30,32,33)/t25-/m1/s1.